The number of anilines is 1. The molecular formula is C13H16N2O. The van der Waals surface area contributed by atoms with Gasteiger partial charge in [0.15, 0.2) is 0 Å². The van der Waals surface area contributed by atoms with E-state index in [-0.39, 0.29) is 0 Å². The van der Waals surface area contributed by atoms with E-state index in [0.29, 0.717) is 17.6 Å². The quantitative estimate of drug-likeness (QED) is 0.843. The van der Waals surface area contributed by atoms with Crippen molar-refractivity contribution in [2.75, 3.05) is 18.5 Å². The molecule has 1 N–H and O–H groups in total. The van der Waals surface area contributed by atoms with Crippen LogP contribution < -0.4 is 5.32 Å². The maximum atomic E-state index is 8.79. The lowest BCUT2D eigenvalue weighted by atomic mass is 10.0. The molecule has 0 aromatic heterocycles. The Morgan fingerprint density at radius 1 is 1.56 bits per heavy atom. The van der Waals surface area contributed by atoms with Gasteiger partial charge in [0.2, 0.25) is 0 Å². The van der Waals surface area contributed by atoms with E-state index in [1.807, 2.05) is 24.3 Å². The molecular weight excluding hydrogens is 200 g/mol. The van der Waals surface area contributed by atoms with Crippen LogP contribution in [0.1, 0.15) is 18.9 Å². The van der Waals surface area contributed by atoms with E-state index < -0.39 is 0 Å². The number of benzene rings is 1. The Bertz CT molecular complexity index is 397. The van der Waals surface area contributed by atoms with Crippen molar-refractivity contribution in [3.8, 4) is 6.07 Å². The third-order valence-corrected chi connectivity index (χ3v) is 3.09. The summed E-state index contributed by atoms with van der Waals surface area (Å²) >= 11 is 0. The Morgan fingerprint density at radius 2 is 2.44 bits per heavy atom. The minimum atomic E-state index is 0.339. The Labute approximate surface area is 96.0 Å². The first-order valence-electron chi connectivity index (χ1n) is 5.65. The third kappa shape index (κ3) is 2.53. The van der Waals surface area contributed by atoms with Crippen molar-refractivity contribution in [2.24, 2.45) is 5.92 Å². The fraction of sp³-hybridized carbons (Fsp3) is 0.462. The molecule has 2 unspecified atom stereocenters. The normalized spacial score (nSPS) is 24.0. The topological polar surface area (TPSA) is 45.0 Å². The van der Waals surface area contributed by atoms with Gasteiger partial charge in [-0.3, -0.25) is 0 Å². The largest absolute Gasteiger partial charge is 0.385 e. The summed E-state index contributed by atoms with van der Waals surface area (Å²) < 4.78 is 5.51. The van der Waals surface area contributed by atoms with Gasteiger partial charge in [-0.05, 0) is 31.5 Å². The highest BCUT2D eigenvalue weighted by Gasteiger charge is 2.23. The van der Waals surface area contributed by atoms with Gasteiger partial charge in [0.05, 0.1) is 17.7 Å². The smallest absolute Gasteiger partial charge is 0.0992 e. The molecule has 0 radical (unpaired) electrons. The molecule has 1 saturated heterocycles. The second-order valence-corrected chi connectivity index (χ2v) is 4.20. The van der Waals surface area contributed by atoms with Crippen LogP contribution in [0.4, 0.5) is 5.69 Å². The second kappa shape index (κ2) is 5.00. The summed E-state index contributed by atoms with van der Waals surface area (Å²) in [6.45, 7) is 3.90. The van der Waals surface area contributed by atoms with Crippen LogP contribution in [0.3, 0.4) is 0 Å². The Hall–Kier alpha value is -1.53. The van der Waals surface area contributed by atoms with Crippen molar-refractivity contribution in [2.45, 2.75) is 19.4 Å². The molecule has 1 aromatic carbocycles. The zero-order chi connectivity index (χ0) is 11.4. The third-order valence-electron chi connectivity index (χ3n) is 3.09. The minimum absolute atomic E-state index is 0.339. The van der Waals surface area contributed by atoms with E-state index in [1.165, 1.54) is 0 Å². The van der Waals surface area contributed by atoms with E-state index in [2.05, 4.69) is 18.3 Å². The lowest BCUT2D eigenvalue weighted by Crippen LogP contribution is -2.20. The standard InChI is InChI=1S/C13H16N2O/c1-10-12(5-6-16-10)9-15-13-4-2-3-11(7-13)8-14/h2-4,7,10,12,15H,5-6,9H2,1H3. The molecule has 2 atom stereocenters. The molecule has 0 amide bonds. The van der Waals surface area contributed by atoms with Gasteiger partial charge in [-0.25, -0.2) is 0 Å². The number of nitrogens with zero attached hydrogens (tertiary/aromatic N) is 1. The lowest BCUT2D eigenvalue weighted by molar-refractivity contribution is 0.108. The zero-order valence-corrected chi connectivity index (χ0v) is 9.44. The summed E-state index contributed by atoms with van der Waals surface area (Å²) in [4.78, 5) is 0. The molecule has 0 spiro atoms. The van der Waals surface area contributed by atoms with Gasteiger partial charge in [0.25, 0.3) is 0 Å². The van der Waals surface area contributed by atoms with Crippen molar-refractivity contribution >= 4 is 5.69 Å². The summed E-state index contributed by atoms with van der Waals surface area (Å²) in [5, 5.41) is 12.1. The van der Waals surface area contributed by atoms with Crippen molar-refractivity contribution in [3.05, 3.63) is 29.8 Å². The van der Waals surface area contributed by atoms with Crippen LogP contribution in [-0.4, -0.2) is 19.3 Å². The highest BCUT2D eigenvalue weighted by molar-refractivity contribution is 5.49. The van der Waals surface area contributed by atoms with Gasteiger partial charge in [-0.2, -0.15) is 5.26 Å². The second-order valence-electron chi connectivity index (χ2n) is 4.20. The molecule has 1 aromatic rings. The maximum absolute atomic E-state index is 8.79. The van der Waals surface area contributed by atoms with Gasteiger partial charge in [-0.1, -0.05) is 6.07 Å². The molecule has 0 aliphatic carbocycles. The van der Waals surface area contributed by atoms with Gasteiger partial charge in [0.1, 0.15) is 0 Å². The van der Waals surface area contributed by atoms with Crippen LogP contribution in [0.25, 0.3) is 0 Å². The van der Waals surface area contributed by atoms with Gasteiger partial charge >= 0.3 is 0 Å². The first-order chi connectivity index (χ1) is 7.79. The Morgan fingerprint density at radius 3 is 3.12 bits per heavy atom. The van der Waals surface area contributed by atoms with Crippen molar-refractivity contribution in [3.63, 3.8) is 0 Å². The van der Waals surface area contributed by atoms with Crippen LogP contribution >= 0.6 is 0 Å². The van der Waals surface area contributed by atoms with Crippen LogP contribution in [0.15, 0.2) is 24.3 Å². The molecule has 16 heavy (non-hydrogen) atoms. The molecule has 84 valence electrons. The van der Waals surface area contributed by atoms with Crippen molar-refractivity contribution in [1.82, 2.24) is 0 Å². The summed E-state index contributed by atoms with van der Waals surface area (Å²) in [6, 6.07) is 9.71. The Kier molecular flexibility index (Phi) is 3.43. The maximum Gasteiger partial charge on any atom is 0.0992 e. The number of ether oxygens (including phenoxy) is 1. The number of hydrogen-bond acceptors (Lipinski definition) is 3. The number of nitrogens with one attached hydrogen (secondary N) is 1. The highest BCUT2D eigenvalue weighted by Crippen LogP contribution is 2.21. The molecule has 3 heteroatoms. The molecule has 2 rings (SSSR count). The van der Waals surface area contributed by atoms with E-state index in [1.54, 1.807) is 0 Å². The summed E-state index contributed by atoms with van der Waals surface area (Å²) in [7, 11) is 0. The molecule has 1 heterocycles. The number of hydrogen-bond donors (Lipinski definition) is 1. The number of nitriles is 1. The van der Waals surface area contributed by atoms with E-state index in [0.717, 1.165) is 25.3 Å². The fourth-order valence-electron chi connectivity index (χ4n) is 1.99. The van der Waals surface area contributed by atoms with Crippen LogP contribution in [0, 0.1) is 17.2 Å². The van der Waals surface area contributed by atoms with Crippen molar-refractivity contribution < 1.29 is 4.74 Å². The van der Waals surface area contributed by atoms with Crippen LogP contribution in [-0.2, 0) is 4.74 Å². The first-order valence-corrected chi connectivity index (χ1v) is 5.65. The predicted octanol–water partition coefficient (Wildman–Crippen LogP) is 2.40. The predicted molar refractivity (Wildman–Crippen MR) is 63.2 cm³/mol. The highest BCUT2D eigenvalue weighted by atomic mass is 16.5. The summed E-state index contributed by atoms with van der Waals surface area (Å²) in [5.74, 6) is 0.575. The molecule has 3 nitrogen and oxygen atoms in total. The molecule has 0 saturated carbocycles. The molecule has 1 aliphatic heterocycles. The van der Waals surface area contributed by atoms with Gasteiger partial charge in [0, 0.05) is 24.8 Å². The van der Waals surface area contributed by atoms with E-state index >= 15 is 0 Å². The zero-order valence-electron chi connectivity index (χ0n) is 9.44. The SMILES string of the molecule is CC1OCCC1CNc1cccc(C#N)c1. The first kappa shape index (κ1) is 11.0. The minimum Gasteiger partial charge on any atom is -0.385 e. The lowest BCUT2D eigenvalue weighted by Gasteiger charge is -2.15. The van der Waals surface area contributed by atoms with E-state index in [9.17, 15) is 0 Å². The Balaban J connectivity index is 1.92. The molecule has 0 bridgehead atoms. The van der Waals surface area contributed by atoms with Crippen LogP contribution in [0.5, 0.6) is 0 Å². The van der Waals surface area contributed by atoms with E-state index in [4.69, 9.17) is 10.00 Å². The molecule has 1 aliphatic rings. The van der Waals surface area contributed by atoms with Gasteiger partial charge in [-0.15, -0.1) is 0 Å². The molecule has 1 fully saturated rings. The van der Waals surface area contributed by atoms with Crippen LogP contribution in [0.2, 0.25) is 0 Å². The fourth-order valence-corrected chi connectivity index (χ4v) is 1.99. The average molecular weight is 216 g/mol. The number of rotatable bonds is 3. The average Bonchev–Trinajstić information content (AvgIpc) is 2.72. The van der Waals surface area contributed by atoms with Gasteiger partial charge < -0.3 is 10.1 Å². The summed E-state index contributed by atoms with van der Waals surface area (Å²) in [5.41, 5.74) is 1.71. The monoisotopic (exact) mass is 216 g/mol. The van der Waals surface area contributed by atoms with Crippen molar-refractivity contribution in [1.29, 1.82) is 5.26 Å². The summed E-state index contributed by atoms with van der Waals surface area (Å²) in [6.07, 6.45) is 1.46.